The molecule has 3 unspecified atom stereocenters. The van der Waals surface area contributed by atoms with Crippen molar-refractivity contribution in [1.29, 1.82) is 0 Å². The molecule has 7 heteroatoms. The van der Waals surface area contributed by atoms with Gasteiger partial charge in [0.2, 0.25) is 11.7 Å². The third-order valence-electron chi connectivity index (χ3n) is 3.88. The van der Waals surface area contributed by atoms with Gasteiger partial charge in [-0.3, -0.25) is 4.90 Å². The van der Waals surface area contributed by atoms with E-state index in [-0.39, 0.29) is 18.1 Å². The lowest BCUT2D eigenvalue weighted by atomic mass is 10.1. The highest BCUT2D eigenvalue weighted by Gasteiger charge is 2.33. The number of aromatic nitrogens is 2. The topological polar surface area (TPSA) is 86.6 Å². The normalized spacial score (nSPS) is 31.8. The van der Waals surface area contributed by atoms with E-state index in [9.17, 15) is 0 Å². The largest absolute Gasteiger partial charge is 0.379 e. The highest BCUT2D eigenvalue weighted by molar-refractivity contribution is 5.03. The molecule has 2 saturated heterocycles. The number of nitrogens with two attached hydrogens (primary N) is 1. The number of hydrogen-bond donors (Lipinski definition) is 1. The molecular weight excluding hydrogens is 260 g/mol. The van der Waals surface area contributed by atoms with Gasteiger partial charge in [-0.1, -0.05) is 12.1 Å². The van der Waals surface area contributed by atoms with Crippen LogP contribution in [0.2, 0.25) is 0 Å². The monoisotopic (exact) mass is 282 g/mol. The first-order valence-electron chi connectivity index (χ1n) is 7.28. The van der Waals surface area contributed by atoms with Crippen molar-refractivity contribution in [2.75, 3.05) is 39.5 Å². The number of morpholine rings is 1. The molecule has 0 saturated carbocycles. The van der Waals surface area contributed by atoms with E-state index in [4.69, 9.17) is 19.7 Å². The summed E-state index contributed by atoms with van der Waals surface area (Å²) in [5.41, 5.74) is 5.97. The Morgan fingerprint density at radius 3 is 3.05 bits per heavy atom. The second-order valence-corrected chi connectivity index (χ2v) is 5.46. The van der Waals surface area contributed by atoms with E-state index < -0.39 is 0 Å². The average Bonchev–Trinajstić information content (AvgIpc) is 3.08. The standard InChI is InChI=1S/C13H22N4O3/c1-2-3-17-4-5-19-11(6-17)12-15-13(20-16-12)9-7-18-8-10(9)14/h9-11H,2-8,14H2,1H3. The van der Waals surface area contributed by atoms with Crippen LogP contribution in [0.3, 0.4) is 0 Å². The summed E-state index contributed by atoms with van der Waals surface area (Å²) in [7, 11) is 0. The van der Waals surface area contributed by atoms with Crippen LogP contribution < -0.4 is 5.73 Å². The summed E-state index contributed by atoms with van der Waals surface area (Å²) in [6, 6.07) is -0.0628. The molecule has 112 valence electrons. The fourth-order valence-electron chi connectivity index (χ4n) is 2.73. The maximum atomic E-state index is 5.97. The van der Waals surface area contributed by atoms with E-state index in [1.807, 2.05) is 0 Å². The maximum Gasteiger partial charge on any atom is 0.233 e. The Balaban J connectivity index is 1.66. The summed E-state index contributed by atoms with van der Waals surface area (Å²) in [5.74, 6) is 1.20. The van der Waals surface area contributed by atoms with Crippen LogP contribution in [0, 0.1) is 0 Å². The summed E-state index contributed by atoms with van der Waals surface area (Å²) >= 11 is 0. The molecule has 7 nitrogen and oxygen atoms in total. The van der Waals surface area contributed by atoms with Crippen LogP contribution in [-0.2, 0) is 9.47 Å². The molecule has 0 aromatic carbocycles. The van der Waals surface area contributed by atoms with Crippen molar-refractivity contribution >= 4 is 0 Å². The molecule has 3 heterocycles. The quantitative estimate of drug-likeness (QED) is 0.849. The van der Waals surface area contributed by atoms with Gasteiger partial charge in [0, 0.05) is 19.1 Å². The summed E-state index contributed by atoms with van der Waals surface area (Å²) in [6.07, 6.45) is 1.03. The second-order valence-electron chi connectivity index (χ2n) is 5.46. The molecule has 2 N–H and O–H groups in total. The van der Waals surface area contributed by atoms with Crippen molar-refractivity contribution in [3.8, 4) is 0 Å². The number of rotatable bonds is 4. The Hall–Kier alpha value is -1.02. The fraction of sp³-hybridized carbons (Fsp3) is 0.846. The van der Waals surface area contributed by atoms with Crippen molar-refractivity contribution in [2.45, 2.75) is 31.4 Å². The van der Waals surface area contributed by atoms with Crippen LogP contribution in [0.1, 0.15) is 37.1 Å². The summed E-state index contributed by atoms with van der Waals surface area (Å²) < 4.78 is 16.4. The van der Waals surface area contributed by atoms with E-state index in [1.165, 1.54) is 0 Å². The van der Waals surface area contributed by atoms with Crippen molar-refractivity contribution < 1.29 is 14.0 Å². The lowest BCUT2D eigenvalue weighted by molar-refractivity contribution is -0.0350. The molecule has 20 heavy (non-hydrogen) atoms. The predicted octanol–water partition coefficient (Wildman–Crippen LogP) is 0.294. The zero-order valence-electron chi connectivity index (χ0n) is 11.8. The van der Waals surface area contributed by atoms with Gasteiger partial charge in [-0.05, 0) is 13.0 Å². The molecule has 0 spiro atoms. The zero-order valence-corrected chi connectivity index (χ0v) is 11.8. The van der Waals surface area contributed by atoms with Gasteiger partial charge >= 0.3 is 0 Å². The van der Waals surface area contributed by atoms with Crippen LogP contribution in [0.15, 0.2) is 4.52 Å². The van der Waals surface area contributed by atoms with Crippen LogP contribution >= 0.6 is 0 Å². The number of ether oxygens (including phenoxy) is 2. The van der Waals surface area contributed by atoms with Gasteiger partial charge in [0.1, 0.15) is 6.10 Å². The molecule has 2 aliphatic rings. The Labute approximate surface area is 118 Å². The third kappa shape index (κ3) is 2.85. The highest BCUT2D eigenvalue weighted by Crippen LogP contribution is 2.26. The lowest BCUT2D eigenvalue weighted by Gasteiger charge is -2.30. The van der Waals surface area contributed by atoms with E-state index in [1.54, 1.807) is 0 Å². The van der Waals surface area contributed by atoms with Crippen LogP contribution in [-0.4, -0.2) is 60.5 Å². The minimum Gasteiger partial charge on any atom is -0.379 e. The molecular formula is C13H22N4O3. The van der Waals surface area contributed by atoms with Gasteiger partial charge in [-0.25, -0.2) is 0 Å². The molecule has 0 amide bonds. The minimum atomic E-state index is -0.105. The Morgan fingerprint density at radius 1 is 1.40 bits per heavy atom. The summed E-state index contributed by atoms with van der Waals surface area (Å²) in [4.78, 5) is 6.84. The van der Waals surface area contributed by atoms with Crippen LogP contribution in [0.4, 0.5) is 0 Å². The van der Waals surface area contributed by atoms with Crippen LogP contribution in [0.25, 0.3) is 0 Å². The summed E-state index contributed by atoms with van der Waals surface area (Å²) in [5, 5.41) is 4.06. The van der Waals surface area contributed by atoms with E-state index >= 15 is 0 Å². The fourth-order valence-corrected chi connectivity index (χ4v) is 2.73. The molecule has 2 aliphatic heterocycles. The highest BCUT2D eigenvalue weighted by atomic mass is 16.5. The SMILES string of the molecule is CCCN1CCOC(c2noc(C3COCC3N)n2)C1. The molecule has 2 fully saturated rings. The lowest BCUT2D eigenvalue weighted by Crippen LogP contribution is -2.39. The maximum absolute atomic E-state index is 5.97. The van der Waals surface area contributed by atoms with Crippen LogP contribution in [0.5, 0.6) is 0 Å². The zero-order chi connectivity index (χ0) is 13.9. The predicted molar refractivity (Wildman–Crippen MR) is 71.3 cm³/mol. The molecule has 3 rings (SSSR count). The smallest absolute Gasteiger partial charge is 0.233 e. The minimum absolute atomic E-state index is 0.00610. The van der Waals surface area contributed by atoms with Gasteiger partial charge in [-0.2, -0.15) is 4.98 Å². The molecule has 1 aromatic rings. The van der Waals surface area contributed by atoms with Gasteiger partial charge < -0.3 is 19.7 Å². The molecule has 1 aromatic heterocycles. The number of nitrogens with zero attached hydrogens (tertiary/aromatic N) is 3. The van der Waals surface area contributed by atoms with Crippen molar-refractivity contribution in [3.63, 3.8) is 0 Å². The van der Waals surface area contributed by atoms with E-state index in [0.29, 0.717) is 31.5 Å². The average molecular weight is 282 g/mol. The Morgan fingerprint density at radius 2 is 2.30 bits per heavy atom. The number of hydrogen-bond acceptors (Lipinski definition) is 7. The van der Waals surface area contributed by atoms with Gasteiger partial charge in [0.25, 0.3) is 0 Å². The second kappa shape index (κ2) is 6.17. The first-order valence-corrected chi connectivity index (χ1v) is 7.28. The van der Waals surface area contributed by atoms with Gasteiger partial charge in [0.05, 0.1) is 25.7 Å². The van der Waals surface area contributed by atoms with Gasteiger partial charge in [-0.15, -0.1) is 0 Å². The molecule has 0 aliphatic carbocycles. The van der Waals surface area contributed by atoms with Crippen molar-refractivity contribution in [1.82, 2.24) is 15.0 Å². The molecule has 0 bridgehead atoms. The first kappa shape index (κ1) is 13.9. The first-order chi connectivity index (χ1) is 9.78. The van der Waals surface area contributed by atoms with E-state index in [0.717, 1.165) is 26.1 Å². The summed E-state index contributed by atoms with van der Waals surface area (Å²) in [6.45, 7) is 6.85. The van der Waals surface area contributed by atoms with Crippen molar-refractivity contribution in [2.24, 2.45) is 5.73 Å². The van der Waals surface area contributed by atoms with Gasteiger partial charge in [0.15, 0.2) is 0 Å². The van der Waals surface area contributed by atoms with Crippen molar-refractivity contribution in [3.05, 3.63) is 11.7 Å². The van der Waals surface area contributed by atoms with E-state index in [2.05, 4.69) is 22.0 Å². The molecule has 3 atom stereocenters. The Bertz CT molecular complexity index is 437. The third-order valence-corrected chi connectivity index (χ3v) is 3.88. The molecule has 0 radical (unpaired) electrons. The Kier molecular flexibility index (Phi) is 4.30.